The maximum Gasteiger partial charge on any atom is 0.119 e. The molecule has 0 aliphatic rings. The van der Waals surface area contributed by atoms with E-state index in [4.69, 9.17) is 4.74 Å². The third kappa shape index (κ3) is 4.91. The summed E-state index contributed by atoms with van der Waals surface area (Å²) in [7, 11) is 0. The molecule has 21 heavy (non-hydrogen) atoms. The zero-order chi connectivity index (χ0) is 15.2. The Morgan fingerprint density at radius 1 is 0.857 bits per heavy atom. The largest absolute Gasteiger partial charge is 0.489 e. The molecule has 0 spiro atoms. The van der Waals surface area contributed by atoms with Crippen LogP contribution < -0.4 is 4.74 Å². The van der Waals surface area contributed by atoms with Crippen LogP contribution in [0.2, 0.25) is 0 Å². The van der Waals surface area contributed by atoms with Crippen LogP contribution in [0.1, 0.15) is 43.4 Å². The topological polar surface area (TPSA) is 29.5 Å². The molecular weight excluding hydrogens is 260 g/mol. The lowest BCUT2D eigenvalue weighted by Crippen LogP contribution is -2.04. The quantitative estimate of drug-likeness (QED) is 0.856. The monoisotopic (exact) mass is 284 g/mol. The van der Waals surface area contributed by atoms with Crippen LogP contribution in [0.5, 0.6) is 5.75 Å². The van der Waals surface area contributed by atoms with E-state index >= 15 is 0 Å². The van der Waals surface area contributed by atoms with Crippen molar-refractivity contribution in [3.8, 4) is 5.75 Å². The predicted molar refractivity (Wildman–Crippen MR) is 86.7 cm³/mol. The van der Waals surface area contributed by atoms with E-state index in [-0.39, 0.29) is 6.10 Å². The Hall–Kier alpha value is -1.80. The van der Waals surface area contributed by atoms with Gasteiger partial charge in [-0.05, 0) is 48.1 Å². The predicted octanol–water partition coefficient (Wildman–Crippen LogP) is 4.31. The molecular formula is C19H24O2. The van der Waals surface area contributed by atoms with Gasteiger partial charge in [0.15, 0.2) is 0 Å². The molecule has 0 saturated heterocycles. The van der Waals surface area contributed by atoms with E-state index in [1.807, 2.05) is 24.3 Å². The van der Waals surface area contributed by atoms with Crippen molar-refractivity contribution in [3.63, 3.8) is 0 Å². The number of rotatable bonds is 6. The van der Waals surface area contributed by atoms with Crippen LogP contribution in [0.3, 0.4) is 0 Å². The first-order valence-electron chi connectivity index (χ1n) is 7.53. The van der Waals surface area contributed by atoms with E-state index in [2.05, 4.69) is 38.1 Å². The molecule has 2 heteroatoms. The second-order valence-corrected chi connectivity index (χ2v) is 5.88. The lowest BCUT2D eigenvalue weighted by Gasteiger charge is -2.10. The van der Waals surface area contributed by atoms with E-state index in [9.17, 15) is 5.11 Å². The summed E-state index contributed by atoms with van der Waals surface area (Å²) in [6.45, 7) is 6.76. The van der Waals surface area contributed by atoms with E-state index in [1.54, 1.807) is 6.92 Å². The fraction of sp³-hybridized carbons (Fsp3) is 0.368. The maximum absolute atomic E-state index is 9.36. The normalized spacial score (nSPS) is 12.4. The van der Waals surface area contributed by atoms with Gasteiger partial charge >= 0.3 is 0 Å². The molecule has 2 rings (SSSR count). The summed E-state index contributed by atoms with van der Waals surface area (Å²) in [6.07, 6.45) is 0.368. The number of hydrogen-bond acceptors (Lipinski definition) is 2. The van der Waals surface area contributed by atoms with Gasteiger partial charge in [0.25, 0.3) is 0 Å². The fourth-order valence-electron chi connectivity index (χ4n) is 2.23. The molecule has 0 saturated carbocycles. The minimum absolute atomic E-state index is 0.309. The SMILES string of the molecule is CC(O)Cc1ccc(OCc2ccc(C(C)C)cc2)cc1. The van der Waals surface area contributed by atoms with Crippen LogP contribution in [-0.4, -0.2) is 11.2 Å². The average Bonchev–Trinajstić information content (AvgIpc) is 2.46. The molecule has 0 aromatic heterocycles. The lowest BCUT2D eigenvalue weighted by molar-refractivity contribution is 0.195. The average molecular weight is 284 g/mol. The highest BCUT2D eigenvalue weighted by Crippen LogP contribution is 2.17. The van der Waals surface area contributed by atoms with Gasteiger partial charge in [0.2, 0.25) is 0 Å². The van der Waals surface area contributed by atoms with E-state index < -0.39 is 0 Å². The van der Waals surface area contributed by atoms with Gasteiger partial charge < -0.3 is 9.84 Å². The summed E-state index contributed by atoms with van der Waals surface area (Å²) >= 11 is 0. The molecule has 0 heterocycles. The maximum atomic E-state index is 9.36. The summed E-state index contributed by atoms with van der Waals surface area (Å²) in [5.74, 6) is 1.42. The Bertz CT molecular complexity index is 539. The van der Waals surface area contributed by atoms with Gasteiger partial charge in [0.05, 0.1) is 6.10 Å². The van der Waals surface area contributed by atoms with Crippen molar-refractivity contribution in [2.24, 2.45) is 0 Å². The van der Waals surface area contributed by atoms with E-state index in [0.717, 1.165) is 11.3 Å². The molecule has 2 aromatic rings. The lowest BCUT2D eigenvalue weighted by atomic mass is 10.0. The molecule has 0 fully saturated rings. The zero-order valence-electron chi connectivity index (χ0n) is 13.0. The Kier molecular flexibility index (Phi) is 5.40. The number of aliphatic hydroxyl groups is 1. The first-order chi connectivity index (χ1) is 10.0. The molecule has 0 aliphatic heterocycles. The minimum Gasteiger partial charge on any atom is -0.489 e. The van der Waals surface area contributed by atoms with Crippen LogP contribution in [0.15, 0.2) is 48.5 Å². The zero-order valence-corrected chi connectivity index (χ0v) is 13.0. The smallest absolute Gasteiger partial charge is 0.119 e. The third-order valence-electron chi connectivity index (χ3n) is 3.51. The molecule has 0 radical (unpaired) electrons. The van der Waals surface area contributed by atoms with Gasteiger partial charge in [-0.25, -0.2) is 0 Å². The Balaban J connectivity index is 1.90. The van der Waals surface area contributed by atoms with Crippen molar-refractivity contribution < 1.29 is 9.84 Å². The molecule has 1 unspecified atom stereocenters. The van der Waals surface area contributed by atoms with Gasteiger partial charge in [0, 0.05) is 0 Å². The van der Waals surface area contributed by atoms with Crippen LogP contribution in [0.25, 0.3) is 0 Å². The Morgan fingerprint density at radius 3 is 1.95 bits per heavy atom. The van der Waals surface area contributed by atoms with Gasteiger partial charge in [-0.3, -0.25) is 0 Å². The van der Waals surface area contributed by atoms with Gasteiger partial charge in [-0.1, -0.05) is 50.2 Å². The first kappa shape index (κ1) is 15.6. The highest BCUT2D eigenvalue weighted by molar-refractivity contribution is 5.29. The summed E-state index contributed by atoms with van der Waals surface area (Å²) < 4.78 is 5.79. The highest BCUT2D eigenvalue weighted by atomic mass is 16.5. The minimum atomic E-state index is -0.309. The van der Waals surface area contributed by atoms with Crippen molar-refractivity contribution >= 4 is 0 Å². The number of hydrogen-bond donors (Lipinski definition) is 1. The molecule has 0 aliphatic carbocycles. The number of benzene rings is 2. The first-order valence-corrected chi connectivity index (χ1v) is 7.53. The van der Waals surface area contributed by atoms with Crippen molar-refractivity contribution in [1.82, 2.24) is 0 Å². The molecule has 112 valence electrons. The standard InChI is InChI=1S/C19H24O2/c1-14(2)18-8-4-17(5-9-18)13-21-19-10-6-16(7-11-19)12-15(3)20/h4-11,14-15,20H,12-13H2,1-3H3. The molecule has 1 N–H and O–H groups in total. The van der Waals surface area contributed by atoms with E-state index in [0.29, 0.717) is 18.9 Å². The van der Waals surface area contributed by atoms with Crippen molar-refractivity contribution in [1.29, 1.82) is 0 Å². The third-order valence-corrected chi connectivity index (χ3v) is 3.51. The fourth-order valence-corrected chi connectivity index (χ4v) is 2.23. The van der Waals surface area contributed by atoms with Crippen LogP contribution in [0.4, 0.5) is 0 Å². The van der Waals surface area contributed by atoms with Crippen LogP contribution in [-0.2, 0) is 13.0 Å². The van der Waals surface area contributed by atoms with Gasteiger partial charge in [0.1, 0.15) is 12.4 Å². The molecule has 2 nitrogen and oxygen atoms in total. The Labute approximate surface area is 127 Å². The molecule has 1 atom stereocenters. The molecule has 2 aromatic carbocycles. The van der Waals surface area contributed by atoms with Crippen molar-refractivity contribution in [2.45, 2.75) is 45.8 Å². The second kappa shape index (κ2) is 7.28. The van der Waals surface area contributed by atoms with Crippen LogP contribution >= 0.6 is 0 Å². The second-order valence-electron chi connectivity index (χ2n) is 5.88. The van der Waals surface area contributed by atoms with Crippen molar-refractivity contribution in [2.75, 3.05) is 0 Å². The summed E-state index contributed by atoms with van der Waals surface area (Å²) in [5.41, 5.74) is 3.65. The molecule has 0 bridgehead atoms. The van der Waals surface area contributed by atoms with Crippen LogP contribution in [0, 0.1) is 0 Å². The van der Waals surface area contributed by atoms with Gasteiger partial charge in [-0.2, -0.15) is 0 Å². The molecule has 0 amide bonds. The Morgan fingerprint density at radius 2 is 1.43 bits per heavy atom. The number of ether oxygens (including phenoxy) is 1. The summed E-state index contributed by atoms with van der Waals surface area (Å²) in [4.78, 5) is 0. The highest BCUT2D eigenvalue weighted by Gasteiger charge is 2.02. The van der Waals surface area contributed by atoms with Gasteiger partial charge in [-0.15, -0.1) is 0 Å². The number of aliphatic hydroxyl groups excluding tert-OH is 1. The van der Waals surface area contributed by atoms with Crippen molar-refractivity contribution in [3.05, 3.63) is 65.2 Å². The summed E-state index contributed by atoms with van der Waals surface area (Å²) in [6, 6.07) is 16.5. The summed E-state index contributed by atoms with van der Waals surface area (Å²) in [5, 5.41) is 9.36. The van der Waals surface area contributed by atoms with E-state index in [1.165, 1.54) is 11.1 Å².